The quantitative estimate of drug-likeness (QED) is 0.838. The fourth-order valence-electron chi connectivity index (χ4n) is 1.75. The van der Waals surface area contributed by atoms with Crippen LogP contribution >= 0.6 is 15.9 Å². The van der Waals surface area contributed by atoms with Crippen molar-refractivity contribution in [1.82, 2.24) is 0 Å². The van der Waals surface area contributed by atoms with Crippen LogP contribution in [0.2, 0.25) is 0 Å². The summed E-state index contributed by atoms with van der Waals surface area (Å²) >= 11 is 3.32. The average Bonchev–Trinajstić information content (AvgIpc) is 2.40. The SMILES string of the molecule is CCOc1ccc(NC(=O)c2cc(N)cc(Br)c2)cc1. The molecule has 0 fully saturated rings. The van der Waals surface area contributed by atoms with Gasteiger partial charge in [-0.2, -0.15) is 0 Å². The zero-order chi connectivity index (χ0) is 14.5. The number of benzene rings is 2. The van der Waals surface area contributed by atoms with Gasteiger partial charge in [0.15, 0.2) is 0 Å². The highest BCUT2D eigenvalue weighted by atomic mass is 79.9. The molecule has 0 bridgehead atoms. The minimum Gasteiger partial charge on any atom is -0.494 e. The molecule has 0 unspecified atom stereocenters. The summed E-state index contributed by atoms with van der Waals surface area (Å²) in [6, 6.07) is 12.3. The molecule has 0 aromatic heterocycles. The number of amides is 1. The molecule has 0 atom stereocenters. The highest BCUT2D eigenvalue weighted by molar-refractivity contribution is 9.10. The Morgan fingerprint density at radius 2 is 1.95 bits per heavy atom. The average molecular weight is 335 g/mol. The maximum absolute atomic E-state index is 12.1. The van der Waals surface area contributed by atoms with E-state index in [-0.39, 0.29) is 5.91 Å². The first-order valence-corrected chi connectivity index (χ1v) is 6.98. The minimum atomic E-state index is -0.206. The van der Waals surface area contributed by atoms with Crippen LogP contribution < -0.4 is 15.8 Å². The summed E-state index contributed by atoms with van der Waals surface area (Å²) in [6.45, 7) is 2.54. The summed E-state index contributed by atoms with van der Waals surface area (Å²) in [7, 11) is 0. The molecule has 0 aliphatic heterocycles. The summed E-state index contributed by atoms with van der Waals surface area (Å²) in [5.41, 5.74) is 7.47. The van der Waals surface area contributed by atoms with E-state index in [1.54, 1.807) is 30.3 Å². The molecule has 104 valence electrons. The molecule has 0 aliphatic rings. The Morgan fingerprint density at radius 3 is 2.55 bits per heavy atom. The van der Waals surface area contributed by atoms with E-state index >= 15 is 0 Å². The summed E-state index contributed by atoms with van der Waals surface area (Å²) in [5, 5.41) is 2.81. The molecular formula is C15H15BrN2O2. The summed E-state index contributed by atoms with van der Waals surface area (Å²) in [5.74, 6) is 0.569. The van der Waals surface area contributed by atoms with Gasteiger partial charge in [-0.1, -0.05) is 15.9 Å². The van der Waals surface area contributed by atoms with Crippen LogP contribution in [0.5, 0.6) is 5.75 Å². The molecule has 0 saturated heterocycles. The van der Waals surface area contributed by atoms with E-state index in [9.17, 15) is 4.79 Å². The van der Waals surface area contributed by atoms with Crippen molar-refractivity contribution in [1.29, 1.82) is 0 Å². The van der Waals surface area contributed by atoms with E-state index in [4.69, 9.17) is 10.5 Å². The lowest BCUT2D eigenvalue weighted by Crippen LogP contribution is -2.12. The highest BCUT2D eigenvalue weighted by Crippen LogP contribution is 2.20. The van der Waals surface area contributed by atoms with Crippen molar-refractivity contribution in [2.75, 3.05) is 17.7 Å². The molecule has 2 aromatic rings. The van der Waals surface area contributed by atoms with Crippen molar-refractivity contribution >= 4 is 33.2 Å². The zero-order valence-electron chi connectivity index (χ0n) is 11.0. The maximum Gasteiger partial charge on any atom is 0.255 e. The lowest BCUT2D eigenvalue weighted by molar-refractivity contribution is 0.102. The van der Waals surface area contributed by atoms with Crippen molar-refractivity contribution in [2.45, 2.75) is 6.92 Å². The molecule has 5 heteroatoms. The first kappa shape index (κ1) is 14.4. The van der Waals surface area contributed by atoms with Crippen LogP contribution in [0, 0.1) is 0 Å². The summed E-state index contributed by atoms with van der Waals surface area (Å²) < 4.78 is 6.12. The predicted octanol–water partition coefficient (Wildman–Crippen LogP) is 3.68. The number of carbonyl (C=O) groups is 1. The second-order valence-electron chi connectivity index (χ2n) is 4.18. The van der Waals surface area contributed by atoms with Crippen LogP contribution in [0.3, 0.4) is 0 Å². The third-order valence-corrected chi connectivity index (χ3v) is 3.06. The van der Waals surface area contributed by atoms with E-state index in [1.807, 2.05) is 19.1 Å². The molecule has 20 heavy (non-hydrogen) atoms. The van der Waals surface area contributed by atoms with Gasteiger partial charge in [0.05, 0.1) is 6.61 Å². The normalized spacial score (nSPS) is 10.1. The Morgan fingerprint density at radius 1 is 1.25 bits per heavy atom. The van der Waals surface area contributed by atoms with Gasteiger partial charge in [0.1, 0.15) is 5.75 Å². The standard InChI is InChI=1S/C15H15BrN2O2/c1-2-20-14-5-3-13(4-6-14)18-15(19)10-7-11(16)9-12(17)8-10/h3-9H,2,17H2,1H3,(H,18,19). The van der Waals surface area contributed by atoms with Crippen molar-refractivity contribution in [3.05, 3.63) is 52.5 Å². The number of ether oxygens (including phenoxy) is 1. The molecular weight excluding hydrogens is 320 g/mol. The molecule has 0 saturated carbocycles. The van der Waals surface area contributed by atoms with Gasteiger partial charge in [-0.15, -0.1) is 0 Å². The molecule has 0 spiro atoms. The second-order valence-corrected chi connectivity index (χ2v) is 5.10. The number of carbonyl (C=O) groups excluding carboxylic acids is 1. The number of hydrogen-bond donors (Lipinski definition) is 2. The van der Waals surface area contributed by atoms with E-state index in [1.165, 1.54) is 0 Å². The van der Waals surface area contributed by atoms with Crippen LogP contribution in [0.1, 0.15) is 17.3 Å². The number of nitrogen functional groups attached to an aromatic ring is 1. The Balaban J connectivity index is 2.10. The fraction of sp³-hybridized carbons (Fsp3) is 0.133. The largest absolute Gasteiger partial charge is 0.494 e. The van der Waals surface area contributed by atoms with Gasteiger partial charge in [-0.3, -0.25) is 4.79 Å². The van der Waals surface area contributed by atoms with Crippen LogP contribution in [0.4, 0.5) is 11.4 Å². The monoisotopic (exact) mass is 334 g/mol. The third kappa shape index (κ3) is 3.74. The number of hydrogen-bond acceptors (Lipinski definition) is 3. The number of halogens is 1. The molecule has 0 radical (unpaired) electrons. The van der Waals surface area contributed by atoms with E-state index < -0.39 is 0 Å². The zero-order valence-corrected chi connectivity index (χ0v) is 12.6. The molecule has 0 aliphatic carbocycles. The van der Waals surface area contributed by atoms with Gasteiger partial charge >= 0.3 is 0 Å². The molecule has 3 N–H and O–H groups in total. The first-order chi connectivity index (χ1) is 9.58. The second kappa shape index (κ2) is 6.43. The van der Waals surface area contributed by atoms with Crippen molar-refractivity contribution in [3.8, 4) is 5.75 Å². The predicted molar refractivity (Wildman–Crippen MR) is 84.1 cm³/mol. The van der Waals surface area contributed by atoms with Crippen LogP contribution in [-0.2, 0) is 0 Å². The Hall–Kier alpha value is -2.01. The van der Waals surface area contributed by atoms with Gasteiger partial charge in [0.2, 0.25) is 0 Å². The molecule has 2 rings (SSSR count). The van der Waals surface area contributed by atoms with Gasteiger partial charge in [0, 0.05) is 21.4 Å². The van der Waals surface area contributed by atoms with Crippen LogP contribution in [0.25, 0.3) is 0 Å². The van der Waals surface area contributed by atoms with Crippen molar-refractivity contribution < 1.29 is 9.53 Å². The van der Waals surface area contributed by atoms with E-state index in [0.717, 1.165) is 10.2 Å². The Kier molecular flexibility index (Phi) is 4.63. The molecule has 0 heterocycles. The third-order valence-electron chi connectivity index (χ3n) is 2.61. The van der Waals surface area contributed by atoms with E-state index in [2.05, 4.69) is 21.2 Å². The van der Waals surface area contributed by atoms with Crippen molar-refractivity contribution in [3.63, 3.8) is 0 Å². The minimum absolute atomic E-state index is 0.206. The fourth-order valence-corrected chi connectivity index (χ4v) is 2.26. The highest BCUT2D eigenvalue weighted by Gasteiger charge is 2.08. The number of nitrogens with one attached hydrogen (secondary N) is 1. The lowest BCUT2D eigenvalue weighted by atomic mass is 10.2. The number of anilines is 2. The van der Waals surface area contributed by atoms with Gasteiger partial charge < -0.3 is 15.8 Å². The maximum atomic E-state index is 12.1. The number of nitrogens with two attached hydrogens (primary N) is 1. The first-order valence-electron chi connectivity index (χ1n) is 6.19. The van der Waals surface area contributed by atoms with Gasteiger partial charge in [-0.25, -0.2) is 0 Å². The molecule has 4 nitrogen and oxygen atoms in total. The lowest BCUT2D eigenvalue weighted by Gasteiger charge is -2.08. The smallest absolute Gasteiger partial charge is 0.255 e. The topological polar surface area (TPSA) is 64.3 Å². The summed E-state index contributed by atoms with van der Waals surface area (Å²) in [4.78, 5) is 12.1. The Labute approximate surface area is 126 Å². The van der Waals surface area contributed by atoms with Crippen LogP contribution in [-0.4, -0.2) is 12.5 Å². The molecule has 2 aromatic carbocycles. The summed E-state index contributed by atoms with van der Waals surface area (Å²) in [6.07, 6.45) is 0. The molecule has 1 amide bonds. The van der Waals surface area contributed by atoms with Crippen molar-refractivity contribution in [2.24, 2.45) is 0 Å². The number of rotatable bonds is 4. The van der Waals surface area contributed by atoms with Crippen LogP contribution in [0.15, 0.2) is 46.9 Å². The van der Waals surface area contributed by atoms with E-state index in [0.29, 0.717) is 23.5 Å². The van der Waals surface area contributed by atoms with Gasteiger partial charge in [0.25, 0.3) is 5.91 Å². The van der Waals surface area contributed by atoms with Gasteiger partial charge in [-0.05, 0) is 49.4 Å². The Bertz CT molecular complexity index is 592.